The lowest BCUT2D eigenvalue weighted by Gasteiger charge is -2.42. The third-order valence-electron chi connectivity index (χ3n) is 3.64. The van der Waals surface area contributed by atoms with Crippen LogP contribution in [0.1, 0.15) is 67.2 Å². The number of hydrogen-bond donors (Lipinski definition) is 3. The van der Waals surface area contributed by atoms with Crippen molar-refractivity contribution >= 4 is 12.2 Å². The van der Waals surface area contributed by atoms with E-state index in [0.717, 1.165) is 25.7 Å². The average Bonchev–Trinajstić information content (AvgIpc) is 2.46. The van der Waals surface area contributed by atoms with Crippen LogP contribution >= 0.6 is 0 Å². The van der Waals surface area contributed by atoms with E-state index in [1.807, 2.05) is 27.7 Å². The minimum absolute atomic E-state index is 0.114. The zero-order valence-electron chi connectivity index (χ0n) is 16.6. The molecule has 0 aliphatic heterocycles. The van der Waals surface area contributed by atoms with Gasteiger partial charge in [-0.05, 0) is 33.6 Å². The van der Waals surface area contributed by atoms with Crippen molar-refractivity contribution in [2.75, 3.05) is 13.1 Å². The molecule has 0 radical (unpaired) electrons. The molecule has 0 saturated carbocycles. The van der Waals surface area contributed by atoms with Gasteiger partial charge in [0.05, 0.1) is 0 Å². The summed E-state index contributed by atoms with van der Waals surface area (Å²) in [7, 11) is 0. The molecular formula is C17H36N4O4. The Hall–Kier alpha value is -1.54. The summed E-state index contributed by atoms with van der Waals surface area (Å²) < 4.78 is 10.7. The predicted molar refractivity (Wildman–Crippen MR) is 97.8 cm³/mol. The van der Waals surface area contributed by atoms with E-state index in [1.165, 1.54) is 0 Å². The lowest BCUT2D eigenvalue weighted by molar-refractivity contribution is -0.172. The Morgan fingerprint density at radius 3 is 1.96 bits per heavy atom. The van der Waals surface area contributed by atoms with Gasteiger partial charge >= 0.3 is 12.2 Å². The van der Waals surface area contributed by atoms with Gasteiger partial charge in [0, 0.05) is 26.1 Å². The molecule has 0 saturated heterocycles. The second-order valence-electron chi connectivity index (χ2n) is 6.51. The van der Waals surface area contributed by atoms with Crippen molar-refractivity contribution in [2.24, 2.45) is 5.73 Å². The van der Waals surface area contributed by atoms with Crippen LogP contribution in [0.3, 0.4) is 0 Å². The van der Waals surface area contributed by atoms with Crippen molar-refractivity contribution in [1.29, 1.82) is 0 Å². The molecule has 0 bridgehead atoms. The van der Waals surface area contributed by atoms with E-state index in [0.29, 0.717) is 13.1 Å². The highest BCUT2D eigenvalue weighted by molar-refractivity contribution is 5.68. The minimum atomic E-state index is -1.42. The van der Waals surface area contributed by atoms with Gasteiger partial charge in [0.2, 0.25) is 5.85 Å². The largest absolute Gasteiger partial charge is 0.430 e. The van der Waals surface area contributed by atoms with E-state index < -0.39 is 24.3 Å². The summed E-state index contributed by atoms with van der Waals surface area (Å²) in [6, 6.07) is -0.114. The van der Waals surface area contributed by atoms with Gasteiger partial charge < -0.3 is 20.1 Å². The first kappa shape index (κ1) is 23.5. The van der Waals surface area contributed by atoms with Gasteiger partial charge in [-0.3, -0.25) is 5.73 Å². The van der Waals surface area contributed by atoms with E-state index in [2.05, 4.69) is 10.6 Å². The molecule has 8 heteroatoms. The van der Waals surface area contributed by atoms with Gasteiger partial charge in [0.25, 0.3) is 0 Å². The summed E-state index contributed by atoms with van der Waals surface area (Å²) in [6.45, 7) is 12.2. The number of carbonyl (C=O) groups is 2. The Morgan fingerprint density at radius 2 is 1.52 bits per heavy atom. The monoisotopic (exact) mass is 360 g/mol. The zero-order chi connectivity index (χ0) is 19.5. The second-order valence-corrected chi connectivity index (χ2v) is 6.51. The molecule has 0 rings (SSSR count). The molecular weight excluding hydrogens is 324 g/mol. The smallest absolute Gasteiger partial charge is 0.409 e. The standard InChI is InChI=1S/C17H36N4O4/c1-7-9-11-19-15(22)24-14(5)21(13(3)4)17(6,18)25-16(23)20-12-10-8-2/h13-14H,7-12,18H2,1-6H3,(H,19,22)(H,20,23). The molecule has 0 heterocycles. The van der Waals surface area contributed by atoms with Gasteiger partial charge in [-0.15, -0.1) is 0 Å². The predicted octanol–water partition coefficient (Wildman–Crippen LogP) is 2.73. The summed E-state index contributed by atoms with van der Waals surface area (Å²) in [6.07, 6.45) is 1.92. The van der Waals surface area contributed by atoms with Crippen LogP contribution in [0.25, 0.3) is 0 Å². The number of alkyl carbamates (subject to hydrolysis) is 2. The molecule has 0 spiro atoms. The molecule has 0 fully saturated rings. The van der Waals surface area contributed by atoms with Crippen LogP contribution in [-0.4, -0.2) is 48.3 Å². The van der Waals surface area contributed by atoms with Gasteiger partial charge in [-0.25, -0.2) is 14.5 Å². The quantitative estimate of drug-likeness (QED) is 0.386. The first-order valence-corrected chi connectivity index (χ1v) is 9.14. The molecule has 0 aromatic rings. The molecule has 148 valence electrons. The molecule has 0 aromatic heterocycles. The fourth-order valence-corrected chi connectivity index (χ4v) is 2.56. The molecule has 0 aliphatic carbocycles. The second kappa shape index (κ2) is 11.9. The number of rotatable bonds is 11. The van der Waals surface area contributed by atoms with E-state index in [1.54, 1.807) is 18.7 Å². The Kier molecular flexibility index (Phi) is 11.2. The van der Waals surface area contributed by atoms with Gasteiger partial charge in [-0.2, -0.15) is 0 Å². The van der Waals surface area contributed by atoms with Gasteiger partial charge in [0.1, 0.15) is 0 Å². The Balaban J connectivity index is 4.76. The number of unbranched alkanes of at least 4 members (excludes halogenated alkanes) is 2. The van der Waals surface area contributed by atoms with Crippen LogP contribution in [0.4, 0.5) is 9.59 Å². The van der Waals surface area contributed by atoms with Crippen LogP contribution in [-0.2, 0) is 9.47 Å². The maximum Gasteiger partial charge on any atom is 0.409 e. The Labute approximate surface area is 151 Å². The number of carbonyl (C=O) groups excluding carboxylic acids is 2. The summed E-state index contributed by atoms with van der Waals surface area (Å²) in [5, 5.41) is 5.35. The highest BCUT2D eigenvalue weighted by Gasteiger charge is 2.38. The first-order valence-electron chi connectivity index (χ1n) is 9.14. The fourth-order valence-electron chi connectivity index (χ4n) is 2.56. The Morgan fingerprint density at radius 1 is 1.04 bits per heavy atom. The van der Waals surface area contributed by atoms with E-state index >= 15 is 0 Å². The van der Waals surface area contributed by atoms with E-state index in [9.17, 15) is 9.59 Å². The van der Waals surface area contributed by atoms with Crippen molar-refractivity contribution in [3.05, 3.63) is 0 Å². The molecule has 2 unspecified atom stereocenters. The number of amides is 2. The Bertz CT molecular complexity index is 402. The highest BCUT2D eigenvalue weighted by Crippen LogP contribution is 2.19. The molecule has 2 amide bonds. The number of nitrogens with two attached hydrogens (primary N) is 1. The van der Waals surface area contributed by atoms with E-state index in [-0.39, 0.29) is 6.04 Å². The molecule has 8 nitrogen and oxygen atoms in total. The molecule has 0 aliphatic rings. The van der Waals surface area contributed by atoms with Crippen molar-refractivity contribution in [2.45, 2.75) is 85.3 Å². The summed E-state index contributed by atoms with van der Waals surface area (Å²) in [5.41, 5.74) is 6.20. The van der Waals surface area contributed by atoms with Crippen LogP contribution in [0.2, 0.25) is 0 Å². The van der Waals surface area contributed by atoms with Crippen LogP contribution in [0.15, 0.2) is 0 Å². The summed E-state index contributed by atoms with van der Waals surface area (Å²) in [5.74, 6) is -1.42. The summed E-state index contributed by atoms with van der Waals surface area (Å²) in [4.78, 5) is 25.4. The number of nitrogens with one attached hydrogen (secondary N) is 2. The van der Waals surface area contributed by atoms with Gasteiger partial charge in [0.15, 0.2) is 6.23 Å². The molecule has 25 heavy (non-hydrogen) atoms. The van der Waals surface area contributed by atoms with Crippen LogP contribution in [0.5, 0.6) is 0 Å². The van der Waals surface area contributed by atoms with E-state index in [4.69, 9.17) is 15.2 Å². The topological polar surface area (TPSA) is 106 Å². The molecule has 4 N–H and O–H groups in total. The lowest BCUT2D eigenvalue weighted by atomic mass is 10.2. The highest BCUT2D eigenvalue weighted by atomic mass is 16.6. The number of nitrogens with zero attached hydrogens (tertiary/aromatic N) is 1. The normalized spacial score (nSPS) is 14.8. The van der Waals surface area contributed by atoms with Crippen LogP contribution < -0.4 is 16.4 Å². The first-order chi connectivity index (χ1) is 11.7. The van der Waals surface area contributed by atoms with Crippen molar-refractivity contribution in [1.82, 2.24) is 15.5 Å². The van der Waals surface area contributed by atoms with Crippen molar-refractivity contribution < 1.29 is 19.1 Å². The zero-order valence-corrected chi connectivity index (χ0v) is 16.6. The van der Waals surface area contributed by atoms with Gasteiger partial charge in [-0.1, -0.05) is 26.7 Å². The van der Waals surface area contributed by atoms with Crippen molar-refractivity contribution in [3.8, 4) is 0 Å². The summed E-state index contributed by atoms with van der Waals surface area (Å²) >= 11 is 0. The SMILES string of the molecule is CCCCNC(=O)OC(C)N(C(C)C)C(C)(N)OC(=O)NCCCC. The van der Waals surface area contributed by atoms with Crippen LogP contribution in [0, 0.1) is 0 Å². The fraction of sp³-hybridized carbons (Fsp3) is 0.882. The third kappa shape index (κ3) is 9.50. The average molecular weight is 360 g/mol. The molecule has 0 aromatic carbocycles. The lowest BCUT2D eigenvalue weighted by Crippen LogP contribution is -2.63. The van der Waals surface area contributed by atoms with Crippen molar-refractivity contribution in [3.63, 3.8) is 0 Å². The number of ether oxygens (including phenoxy) is 2. The number of hydrogen-bond acceptors (Lipinski definition) is 6. The minimum Gasteiger partial charge on any atom is -0.430 e. The maximum atomic E-state index is 11.9. The molecule has 2 atom stereocenters. The maximum absolute atomic E-state index is 11.9. The third-order valence-corrected chi connectivity index (χ3v) is 3.64.